The lowest BCUT2D eigenvalue weighted by atomic mass is 10.1. The normalized spacial score (nSPS) is 21.3. The van der Waals surface area contributed by atoms with Crippen LogP contribution in [-0.4, -0.2) is 57.2 Å². The van der Waals surface area contributed by atoms with Crippen molar-refractivity contribution in [1.82, 2.24) is 4.90 Å². The van der Waals surface area contributed by atoms with Crippen molar-refractivity contribution in [2.45, 2.75) is 44.6 Å². The fourth-order valence-electron chi connectivity index (χ4n) is 2.57. The minimum Gasteiger partial charge on any atom is -0.385 e. The minimum atomic E-state index is 0.111. The summed E-state index contributed by atoms with van der Waals surface area (Å²) in [5, 5.41) is 0. The molecule has 106 valence electrons. The van der Waals surface area contributed by atoms with E-state index >= 15 is 0 Å². The fraction of sp³-hybridized carbons (Fsp3) is 0.929. The first-order valence-corrected chi connectivity index (χ1v) is 7.04. The van der Waals surface area contributed by atoms with Gasteiger partial charge in [0.25, 0.3) is 0 Å². The van der Waals surface area contributed by atoms with Crippen LogP contribution < -0.4 is 0 Å². The van der Waals surface area contributed by atoms with Crippen molar-refractivity contribution in [3.05, 3.63) is 0 Å². The van der Waals surface area contributed by atoms with Crippen LogP contribution in [-0.2, 0) is 14.3 Å². The lowest BCUT2D eigenvalue weighted by Gasteiger charge is -2.29. The number of Topliss-reactive ketones (excluding diaryl/α,β-unsaturated/α-hetero) is 1. The SMILES string of the molecule is COCCCN(CCOC)C1CCCCCC1=O. The van der Waals surface area contributed by atoms with Gasteiger partial charge in [-0.2, -0.15) is 0 Å². The van der Waals surface area contributed by atoms with Crippen molar-refractivity contribution >= 4 is 5.78 Å². The van der Waals surface area contributed by atoms with Gasteiger partial charge in [0.1, 0.15) is 5.78 Å². The molecule has 1 aliphatic rings. The van der Waals surface area contributed by atoms with Crippen molar-refractivity contribution in [2.24, 2.45) is 0 Å². The summed E-state index contributed by atoms with van der Waals surface area (Å²) in [6.45, 7) is 3.21. The molecule has 0 aromatic heterocycles. The van der Waals surface area contributed by atoms with Crippen LogP contribution in [0.1, 0.15) is 38.5 Å². The van der Waals surface area contributed by atoms with Gasteiger partial charge in [-0.3, -0.25) is 9.69 Å². The summed E-state index contributed by atoms with van der Waals surface area (Å²) < 4.78 is 10.2. The third-order valence-corrected chi connectivity index (χ3v) is 3.59. The first-order chi connectivity index (χ1) is 8.79. The zero-order chi connectivity index (χ0) is 13.2. The largest absolute Gasteiger partial charge is 0.385 e. The first-order valence-electron chi connectivity index (χ1n) is 7.04. The quantitative estimate of drug-likeness (QED) is 0.491. The van der Waals surface area contributed by atoms with Crippen LogP contribution in [0.25, 0.3) is 0 Å². The van der Waals surface area contributed by atoms with E-state index in [9.17, 15) is 4.79 Å². The molecule has 0 saturated heterocycles. The molecule has 0 aromatic carbocycles. The molecule has 0 spiro atoms. The Balaban J connectivity index is 2.51. The molecule has 1 aliphatic carbocycles. The number of carbonyl (C=O) groups excluding carboxylic acids is 1. The maximum Gasteiger partial charge on any atom is 0.149 e. The summed E-state index contributed by atoms with van der Waals surface area (Å²) >= 11 is 0. The lowest BCUT2D eigenvalue weighted by Crippen LogP contribution is -2.43. The molecule has 18 heavy (non-hydrogen) atoms. The smallest absolute Gasteiger partial charge is 0.149 e. The molecule has 0 bridgehead atoms. The summed E-state index contributed by atoms with van der Waals surface area (Å²) in [4.78, 5) is 14.4. The van der Waals surface area contributed by atoms with Gasteiger partial charge in [-0.15, -0.1) is 0 Å². The van der Waals surface area contributed by atoms with Crippen LogP contribution in [0, 0.1) is 0 Å². The Morgan fingerprint density at radius 2 is 1.89 bits per heavy atom. The number of hydrogen-bond acceptors (Lipinski definition) is 4. The highest BCUT2D eigenvalue weighted by atomic mass is 16.5. The number of hydrogen-bond donors (Lipinski definition) is 0. The molecule has 0 aliphatic heterocycles. The first kappa shape index (κ1) is 15.6. The van der Waals surface area contributed by atoms with Gasteiger partial charge in [-0.05, 0) is 19.3 Å². The van der Waals surface area contributed by atoms with Crippen LogP contribution in [0.2, 0.25) is 0 Å². The van der Waals surface area contributed by atoms with E-state index in [1.54, 1.807) is 14.2 Å². The zero-order valence-electron chi connectivity index (χ0n) is 11.8. The third kappa shape index (κ3) is 5.46. The maximum atomic E-state index is 12.1. The Labute approximate surface area is 111 Å². The second kappa shape index (κ2) is 9.48. The summed E-state index contributed by atoms with van der Waals surface area (Å²) in [6.07, 6.45) is 6.16. The average molecular weight is 257 g/mol. The van der Waals surface area contributed by atoms with Gasteiger partial charge in [-0.25, -0.2) is 0 Å². The van der Waals surface area contributed by atoms with Crippen molar-refractivity contribution < 1.29 is 14.3 Å². The van der Waals surface area contributed by atoms with E-state index in [2.05, 4.69) is 4.90 Å². The van der Waals surface area contributed by atoms with E-state index in [4.69, 9.17) is 9.47 Å². The van der Waals surface area contributed by atoms with E-state index in [1.165, 1.54) is 12.8 Å². The highest BCUT2D eigenvalue weighted by Crippen LogP contribution is 2.19. The summed E-state index contributed by atoms with van der Waals surface area (Å²) in [6, 6.07) is 0.111. The van der Waals surface area contributed by atoms with E-state index in [-0.39, 0.29) is 6.04 Å². The van der Waals surface area contributed by atoms with Gasteiger partial charge < -0.3 is 9.47 Å². The zero-order valence-corrected chi connectivity index (χ0v) is 11.8. The number of rotatable bonds is 8. The van der Waals surface area contributed by atoms with Crippen LogP contribution in [0.3, 0.4) is 0 Å². The summed E-state index contributed by atoms with van der Waals surface area (Å²) in [5.74, 6) is 0.418. The molecule has 0 N–H and O–H groups in total. The van der Waals surface area contributed by atoms with Gasteiger partial charge in [0.05, 0.1) is 12.6 Å². The van der Waals surface area contributed by atoms with Crippen LogP contribution in [0.4, 0.5) is 0 Å². The maximum absolute atomic E-state index is 12.1. The molecule has 0 radical (unpaired) electrons. The number of nitrogens with zero attached hydrogens (tertiary/aromatic N) is 1. The number of ether oxygens (including phenoxy) is 2. The lowest BCUT2D eigenvalue weighted by molar-refractivity contribution is -0.124. The summed E-state index contributed by atoms with van der Waals surface area (Å²) in [5.41, 5.74) is 0. The second-order valence-electron chi connectivity index (χ2n) is 4.96. The number of methoxy groups -OCH3 is 2. The van der Waals surface area contributed by atoms with Crippen molar-refractivity contribution in [2.75, 3.05) is 40.5 Å². The molecular formula is C14H27NO3. The highest BCUT2D eigenvalue weighted by Gasteiger charge is 2.26. The van der Waals surface area contributed by atoms with Gasteiger partial charge in [-0.1, -0.05) is 12.8 Å². The Morgan fingerprint density at radius 1 is 1.11 bits per heavy atom. The van der Waals surface area contributed by atoms with Crippen molar-refractivity contribution in [3.63, 3.8) is 0 Å². The standard InChI is InChI=1S/C14H27NO3/c1-17-11-6-9-15(10-12-18-2)13-7-4-3-5-8-14(13)16/h13H,3-12H2,1-2H3. The molecule has 4 nitrogen and oxygen atoms in total. The molecular weight excluding hydrogens is 230 g/mol. The molecule has 0 amide bonds. The Bertz CT molecular complexity index is 233. The second-order valence-corrected chi connectivity index (χ2v) is 4.96. The van der Waals surface area contributed by atoms with E-state index in [1.807, 2.05) is 0 Å². The minimum absolute atomic E-state index is 0.111. The Morgan fingerprint density at radius 3 is 2.61 bits per heavy atom. The Hall–Kier alpha value is -0.450. The van der Waals surface area contributed by atoms with Gasteiger partial charge in [0.15, 0.2) is 0 Å². The average Bonchev–Trinajstić information content (AvgIpc) is 2.59. The van der Waals surface area contributed by atoms with E-state index < -0.39 is 0 Å². The topological polar surface area (TPSA) is 38.8 Å². The van der Waals surface area contributed by atoms with Crippen LogP contribution in [0.15, 0.2) is 0 Å². The number of carbonyl (C=O) groups is 1. The monoisotopic (exact) mass is 257 g/mol. The molecule has 1 rings (SSSR count). The van der Waals surface area contributed by atoms with Crippen molar-refractivity contribution in [3.8, 4) is 0 Å². The molecule has 0 heterocycles. The van der Waals surface area contributed by atoms with Crippen LogP contribution in [0.5, 0.6) is 0 Å². The predicted molar refractivity (Wildman–Crippen MR) is 71.8 cm³/mol. The number of ketones is 1. The molecule has 1 atom stereocenters. The van der Waals surface area contributed by atoms with E-state index in [0.29, 0.717) is 12.4 Å². The van der Waals surface area contributed by atoms with E-state index in [0.717, 1.165) is 45.4 Å². The van der Waals surface area contributed by atoms with Gasteiger partial charge in [0, 0.05) is 40.3 Å². The predicted octanol–water partition coefficient (Wildman–Crippen LogP) is 1.87. The summed E-state index contributed by atoms with van der Waals surface area (Å²) in [7, 11) is 3.43. The molecule has 0 aromatic rings. The molecule has 1 fully saturated rings. The van der Waals surface area contributed by atoms with Crippen molar-refractivity contribution in [1.29, 1.82) is 0 Å². The van der Waals surface area contributed by atoms with Gasteiger partial charge in [0.2, 0.25) is 0 Å². The van der Waals surface area contributed by atoms with Gasteiger partial charge >= 0.3 is 0 Å². The molecule has 1 saturated carbocycles. The Kier molecular flexibility index (Phi) is 8.22. The fourth-order valence-corrected chi connectivity index (χ4v) is 2.57. The third-order valence-electron chi connectivity index (χ3n) is 3.59. The van der Waals surface area contributed by atoms with Crippen LogP contribution >= 0.6 is 0 Å². The highest BCUT2D eigenvalue weighted by molar-refractivity contribution is 5.84. The molecule has 1 unspecified atom stereocenters. The molecule has 4 heteroatoms.